The first-order chi connectivity index (χ1) is 10.9. The molecule has 1 N–H and O–H groups in total. The van der Waals surface area contributed by atoms with Crippen molar-refractivity contribution in [3.8, 4) is 5.75 Å². The van der Waals surface area contributed by atoms with E-state index in [1.165, 1.54) is 0 Å². The van der Waals surface area contributed by atoms with E-state index in [0.717, 1.165) is 18.6 Å². The summed E-state index contributed by atoms with van der Waals surface area (Å²) in [4.78, 5) is 14.5. The minimum Gasteiger partial charge on any atom is -0.497 e. The van der Waals surface area contributed by atoms with Crippen LogP contribution in [0.5, 0.6) is 5.75 Å². The number of rotatable bonds is 2. The molecule has 1 unspecified atom stereocenters. The number of nitrogens with zero attached hydrogens (tertiary/aromatic N) is 1. The van der Waals surface area contributed by atoms with E-state index in [4.69, 9.17) is 9.47 Å². The van der Waals surface area contributed by atoms with E-state index >= 15 is 0 Å². The maximum Gasteiger partial charge on any atom is 0.253 e. The SMILES string of the molecule is COc1ccc(C(=O)N2CCC3(CC2)CC(C)(O)CCO3)cc1. The Bertz CT molecular complexity index is 559. The standard InChI is InChI=1S/C18H25NO4/c1-17(21)9-12-23-18(13-17)7-10-19(11-8-18)16(20)14-3-5-15(22-2)6-4-14/h3-6,21H,7-13H2,1-2H3. The summed E-state index contributed by atoms with van der Waals surface area (Å²) in [5.41, 5.74) is -0.239. The fraction of sp³-hybridized carbons (Fsp3) is 0.611. The predicted molar refractivity (Wildman–Crippen MR) is 86.7 cm³/mol. The lowest BCUT2D eigenvalue weighted by molar-refractivity contribution is -0.170. The molecule has 5 heteroatoms. The average molecular weight is 319 g/mol. The molecule has 1 aromatic rings. The van der Waals surface area contributed by atoms with E-state index in [9.17, 15) is 9.90 Å². The molecule has 2 heterocycles. The number of piperidine rings is 1. The Morgan fingerprint density at radius 3 is 2.43 bits per heavy atom. The third-order valence-electron chi connectivity index (χ3n) is 5.05. The molecule has 126 valence electrons. The molecule has 2 fully saturated rings. The summed E-state index contributed by atoms with van der Waals surface area (Å²) in [6.07, 6.45) is 2.91. The molecule has 1 atom stereocenters. The highest BCUT2D eigenvalue weighted by molar-refractivity contribution is 5.94. The van der Waals surface area contributed by atoms with Gasteiger partial charge in [0, 0.05) is 25.1 Å². The molecule has 0 aliphatic carbocycles. The van der Waals surface area contributed by atoms with Crippen LogP contribution in [-0.4, -0.2) is 53.9 Å². The Labute approximate surface area is 137 Å². The predicted octanol–water partition coefficient (Wildman–Crippen LogP) is 2.23. The van der Waals surface area contributed by atoms with E-state index in [1.807, 2.05) is 11.8 Å². The number of hydrogen-bond acceptors (Lipinski definition) is 4. The van der Waals surface area contributed by atoms with Gasteiger partial charge in [0.25, 0.3) is 5.91 Å². The highest BCUT2D eigenvalue weighted by Crippen LogP contribution is 2.39. The lowest BCUT2D eigenvalue weighted by atomic mass is 9.78. The van der Waals surface area contributed by atoms with Crippen molar-refractivity contribution in [2.24, 2.45) is 0 Å². The van der Waals surface area contributed by atoms with Crippen LogP contribution in [0, 0.1) is 0 Å². The zero-order valence-corrected chi connectivity index (χ0v) is 13.9. The van der Waals surface area contributed by atoms with Crippen molar-refractivity contribution in [2.75, 3.05) is 26.8 Å². The second-order valence-electron chi connectivity index (χ2n) is 6.98. The van der Waals surface area contributed by atoms with Crippen LogP contribution < -0.4 is 4.74 Å². The second kappa shape index (κ2) is 6.13. The third kappa shape index (κ3) is 3.51. The lowest BCUT2D eigenvalue weighted by Gasteiger charge is -2.48. The maximum atomic E-state index is 12.6. The molecule has 2 saturated heterocycles. The van der Waals surface area contributed by atoms with Crippen LogP contribution in [0.1, 0.15) is 43.0 Å². The van der Waals surface area contributed by atoms with Gasteiger partial charge in [0.05, 0.1) is 24.9 Å². The number of amides is 1. The zero-order chi connectivity index (χ0) is 16.5. The minimum atomic E-state index is -0.652. The Kier molecular flexibility index (Phi) is 4.34. The number of aliphatic hydroxyl groups is 1. The van der Waals surface area contributed by atoms with Crippen LogP contribution in [0.15, 0.2) is 24.3 Å². The van der Waals surface area contributed by atoms with Crippen LogP contribution >= 0.6 is 0 Å². The van der Waals surface area contributed by atoms with Gasteiger partial charge in [0.15, 0.2) is 0 Å². The maximum absolute atomic E-state index is 12.6. The van der Waals surface area contributed by atoms with Crippen molar-refractivity contribution >= 4 is 5.91 Å². The third-order valence-corrected chi connectivity index (χ3v) is 5.05. The topological polar surface area (TPSA) is 59.0 Å². The summed E-state index contributed by atoms with van der Waals surface area (Å²) in [7, 11) is 1.61. The monoisotopic (exact) mass is 319 g/mol. The first kappa shape index (κ1) is 16.3. The number of methoxy groups -OCH3 is 1. The largest absolute Gasteiger partial charge is 0.497 e. The Balaban J connectivity index is 1.63. The fourth-order valence-electron chi connectivity index (χ4n) is 3.68. The number of likely N-dealkylation sites (tertiary alicyclic amines) is 1. The van der Waals surface area contributed by atoms with Crippen molar-refractivity contribution < 1.29 is 19.4 Å². The summed E-state index contributed by atoms with van der Waals surface area (Å²) in [6, 6.07) is 7.21. The van der Waals surface area contributed by atoms with Gasteiger partial charge in [-0.1, -0.05) is 0 Å². The van der Waals surface area contributed by atoms with Gasteiger partial charge in [-0.2, -0.15) is 0 Å². The normalized spacial score (nSPS) is 27.0. The molecule has 1 aromatic carbocycles. The van der Waals surface area contributed by atoms with Gasteiger partial charge >= 0.3 is 0 Å². The van der Waals surface area contributed by atoms with Crippen molar-refractivity contribution in [1.82, 2.24) is 4.90 Å². The number of carbonyl (C=O) groups is 1. The summed E-state index contributed by atoms with van der Waals surface area (Å²) in [6.45, 7) is 3.81. The second-order valence-corrected chi connectivity index (χ2v) is 6.98. The quantitative estimate of drug-likeness (QED) is 0.908. The molecular weight excluding hydrogens is 294 g/mol. The van der Waals surface area contributed by atoms with Crippen molar-refractivity contribution in [3.05, 3.63) is 29.8 Å². The van der Waals surface area contributed by atoms with Crippen molar-refractivity contribution in [3.63, 3.8) is 0 Å². The van der Waals surface area contributed by atoms with Crippen LogP contribution in [0.25, 0.3) is 0 Å². The summed E-state index contributed by atoms with van der Waals surface area (Å²) >= 11 is 0. The lowest BCUT2D eigenvalue weighted by Crippen LogP contribution is -2.54. The van der Waals surface area contributed by atoms with Crippen LogP contribution in [0.2, 0.25) is 0 Å². The van der Waals surface area contributed by atoms with Crippen LogP contribution in [0.4, 0.5) is 0 Å². The summed E-state index contributed by atoms with van der Waals surface area (Å²) in [5.74, 6) is 0.794. The molecular formula is C18H25NO4. The number of ether oxygens (including phenoxy) is 2. The van der Waals surface area contributed by atoms with Gasteiger partial charge in [0.2, 0.25) is 0 Å². The van der Waals surface area contributed by atoms with Crippen LogP contribution in [0.3, 0.4) is 0 Å². The van der Waals surface area contributed by atoms with Gasteiger partial charge < -0.3 is 19.5 Å². The smallest absolute Gasteiger partial charge is 0.253 e. The number of carbonyl (C=O) groups excluding carboxylic acids is 1. The van der Waals surface area contributed by atoms with E-state index in [-0.39, 0.29) is 11.5 Å². The molecule has 0 saturated carbocycles. The van der Waals surface area contributed by atoms with Gasteiger partial charge in [-0.25, -0.2) is 0 Å². The molecule has 23 heavy (non-hydrogen) atoms. The van der Waals surface area contributed by atoms with Gasteiger partial charge in [0.1, 0.15) is 5.75 Å². The molecule has 0 radical (unpaired) electrons. The van der Waals surface area contributed by atoms with E-state index < -0.39 is 5.60 Å². The molecule has 1 spiro atoms. The number of benzene rings is 1. The van der Waals surface area contributed by atoms with Crippen molar-refractivity contribution in [2.45, 2.75) is 43.8 Å². The molecule has 2 aliphatic rings. The summed E-state index contributed by atoms with van der Waals surface area (Å²) in [5, 5.41) is 10.3. The van der Waals surface area contributed by atoms with E-state index in [2.05, 4.69) is 0 Å². The Morgan fingerprint density at radius 2 is 1.87 bits per heavy atom. The highest BCUT2D eigenvalue weighted by Gasteiger charge is 2.44. The Morgan fingerprint density at radius 1 is 1.22 bits per heavy atom. The first-order valence-electron chi connectivity index (χ1n) is 8.23. The minimum absolute atomic E-state index is 0.0464. The van der Waals surface area contributed by atoms with Crippen molar-refractivity contribution in [1.29, 1.82) is 0 Å². The van der Waals surface area contributed by atoms with Gasteiger partial charge in [-0.3, -0.25) is 4.79 Å². The highest BCUT2D eigenvalue weighted by atomic mass is 16.5. The molecule has 5 nitrogen and oxygen atoms in total. The first-order valence-corrected chi connectivity index (χ1v) is 8.23. The molecule has 0 aromatic heterocycles. The van der Waals surface area contributed by atoms with E-state index in [1.54, 1.807) is 31.4 Å². The summed E-state index contributed by atoms with van der Waals surface area (Å²) < 4.78 is 11.1. The van der Waals surface area contributed by atoms with Gasteiger partial charge in [-0.15, -0.1) is 0 Å². The molecule has 3 rings (SSSR count). The Hall–Kier alpha value is -1.59. The number of hydrogen-bond donors (Lipinski definition) is 1. The molecule has 1 amide bonds. The average Bonchev–Trinajstić information content (AvgIpc) is 2.54. The molecule has 2 aliphatic heterocycles. The van der Waals surface area contributed by atoms with E-state index in [0.29, 0.717) is 38.1 Å². The fourth-order valence-corrected chi connectivity index (χ4v) is 3.68. The van der Waals surface area contributed by atoms with Gasteiger partial charge in [-0.05, 0) is 50.5 Å². The van der Waals surface area contributed by atoms with Crippen LogP contribution in [-0.2, 0) is 4.74 Å². The molecule has 0 bridgehead atoms. The zero-order valence-electron chi connectivity index (χ0n) is 13.9.